The molecule has 0 atom stereocenters. The number of halogens is 1. The molecule has 1 aliphatic rings. The SMILES string of the molecule is Cl.O=c1cc(CN2CCCC2)o[nH]1. The summed E-state index contributed by atoms with van der Waals surface area (Å²) >= 11 is 0. The zero-order chi connectivity index (χ0) is 8.39. The molecule has 0 bridgehead atoms. The highest BCUT2D eigenvalue weighted by molar-refractivity contribution is 5.85. The first-order valence-electron chi connectivity index (χ1n) is 4.24. The standard InChI is InChI=1S/C8H12N2O2.ClH/c11-8-5-7(12-9-8)6-10-3-1-2-4-10;/h5H,1-4,6H2,(H,9,11);1H. The normalized spacial score (nSPS) is 17.2. The molecule has 0 unspecified atom stereocenters. The maximum atomic E-state index is 10.7. The fraction of sp³-hybridized carbons (Fsp3) is 0.625. The second-order valence-electron chi connectivity index (χ2n) is 3.16. The summed E-state index contributed by atoms with van der Waals surface area (Å²) in [7, 11) is 0. The Balaban J connectivity index is 0.000000845. The van der Waals surface area contributed by atoms with Crippen LogP contribution in [-0.4, -0.2) is 23.1 Å². The lowest BCUT2D eigenvalue weighted by Gasteiger charge is -2.10. The lowest BCUT2D eigenvalue weighted by molar-refractivity contribution is 0.273. The molecule has 0 spiro atoms. The molecule has 5 heteroatoms. The monoisotopic (exact) mass is 204 g/mol. The molecule has 1 N–H and O–H groups in total. The molecule has 0 radical (unpaired) electrons. The van der Waals surface area contributed by atoms with Gasteiger partial charge in [0.2, 0.25) is 0 Å². The zero-order valence-corrected chi connectivity index (χ0v) is 8.10. The first-order chi connectivity index (χ1) is 5.84. The largest absolute Gasteiger partial charge is 0.382 e. The summed E-state index contributed by atoms with van der Waals surface area (Å²) in [5.74, 6) is 0.738. The summed E-state index contributed by atoms with van der Waals surface area (Å²) < 4.78 is 4.95. The molecule has 0 aromatic carbocycles. The van der Waals surface area contributed by atoms with Crippen molar-refractivity contribution >= 4 is 12.4 Å². The van der Waals surface area contributed by atoms with E-state index < -0.39 is 0 Å². The first kappa shape index (κ1) is 10.3. The van der Waals surface area contributed by atoms with Crippen molar-refractivity contribution in [1.82, 2.24) is 10.1 Å². The van der Waals surface area contributed by atoms with Gasteiger partial charge in [0.1, 0.15) is 0 Å². The Morgan fingerprint density at radius 1 is 1.46 bits per heavy atom. The number of nitrogens with zero attached hydrogens (tertiary/aromatic N) is 1. The van der Waals surface area contributed by atoms with Gasteiger partial charge >= 0.3 is 0 Å². The molecule has 2 rings (SSSR count). The third kappa shape index (κ3) is 2.60. The molecule has 74 valence electrons. The van der Waals surface area contributed by atoms with E-state index in [1.807, 2.05) is 0 Å². The van der Waals surface area contributed by atoms with Crippen molar-refractivity contribution in [3.63, 3.8) is 0 Å². The number of H-pyrrole nitrogens is 1. The van der Waals surface area contributed by atoms with Crippen LogP contribution in [0.15, 0.2) is 15.4 Å². The number of aromatic nitrogens is 1. The van der Waals surface area contributed by atoms with Crippen LogP contribution in [0.2, 0.25) is 0 Å². The Bertz CT molecular complexity index is 301. The number of nitrogens with one attached hydrogen (secondary N) is 1. The highest BCUT2D eigenvalue weighted by Gasteiger charge is 2.13. The van der Waals surface area contributed by atoms with E-state index in [2.05, 4.69) is 10.1 Å². The Kier molecular flexibility index (Phi) is 3.57. The summed E-state index contributed by atoms with van der Waals surface area (Å²) in [6.07, 6.45) is 2.52. The summed E-state index contributed by atoms with van der Waals surface area (Å²) in [4.78, 5) is 13.0. The number of rotatable bonds is 2. The molecule has 0 amide bonds. The van der Waals surface area contributed by atoms with E-state index >= 15 is 0 Å². The molecule has 1 aromatic rings. The molecule has 0 aliphatic carbocycles. The molecule has 1 aliphatic heterocycles. The van der Waals surface area contributed by atoms with Gasteiger partial charge in [0.25, 0.3) is 5.56 Å². The third-order valence-corrected chi connectivity index (χ3v) is 2.15. The van der Waals surface area contributed by atoms with Crippen molar-refractivity contribution in [3.05, 3.63) is 22.2 Å². The Labute approximate surface area is 82.3 Å². The van der Waals surface area contributed by atoms with Crippen LogP contribution in [-0.2, 0) is 6.54 Å². The maximum absolute atomic E-state index is 10.7. The van der Waals surface area contributed by atoms with E-state index in [1.165, 1.54) is 18.9 Å². The van der Waals surface area contributed by atoms with Crippen molar-refractivity contribution in [1.29, 1.82) is 0 Å². The Morgan fingerprint density at radius 3 is 2.69 bits per heavy atom. The van der Waals surface area contributed by atoms with Crippen LogP contribution < -0.4 is 5.56 Å². The molecule has 1 aromatic heterocycles. The maximum Gasteiger partial charge on any atom is 0.280 e. The fourth-order valence-electron chi connectivity index (χ4n) is 1.56. The van der Waals surface area contributed by atoms with Crippen LogP contribution in [0.25, 0.3) is 0 Å². The zero-order valence-electron chi connectivity index (χ0n) is 7.28. The van der Waals surface area contributed by atoms with Crippen molar-refractivity contribution in [2.24, 2.45) is 0 Å². The summed E-state index contributed by atoms with van der Waals surface area (Å²) in [5, 5.41) is 2.29. The molecule has 4 nitrogen and oxygen atoms in total. The predicted octanol–water partition coefficient (Wildman–Crippen LogP) is 0.986. The lowest BCUT2D eigenvalue weighted by atomic mass is 10.4. The number of likely N-dealkylation sites (tertiary alicyclic amines) is 1. The average Bonchev–Trinajstić information content (AvgIpc) is 2.63. The van der Waals surface area contributed by atoms with Gasteiger partial charge in [-0.05, 0) is 25.9 Å². The van der Waals surface area contributed by atoms with E-state index in [0.29, 0.717) is 0 Å². The smallest absolute Gasteiger partial charge is 0.280 e. The molecule has 2 heterocycles. The highest BCUT2D eigenvalue weighted by atomic mass is 35.5. The van der Waals surface area contributed by atoms with Gasteiger partial charge in [-0.2, -0.15) is 5.16 Å². The van der Waals surface area contributed by atoms with E-state index in [0.717, 1.165) is 25.4 Å². The van der Waals surface area contributed by atoms with Crippen LogP contribution in [0, 0.1) is 0 Å². The van der Waals surface area contributed by atoms with Crippen LogP contribution >= 0.6 is 12.4 Å². The highest BCUT2D eigenvalue weighted by Crippen LogP contribution is 2.10. The molecule has 13 heavy (non-hydrogen) atoms. The van der Waals surface area contributed by atoms with Crippen LogP contribution in [0.4, 0.5) is 0 Å². The van der Waals surface area contributed by atoms with E-state index in [9.17, 15) is 4.79 Å². The van der Waals surface area contributed by atoms with E-state index in [4.69, 9.17) is 4.52 Å². The van der Waals surface area contributed by atoms with Gasteiger partial charge in [0.05, 0.1) is 6.54 Å². The minimum Gasteiger partial charge on any atom is -0.382 e. The number of hydrogen-bond donors (Lipinski definition) is 1. The lowest BCUT2D eigenvalue weighted by Crippen LogP contribution is -2.17. The number of aromatic amines is 1. The van der Waals surface area contributed by atoms with Gasteiger partial charge in [-0.1, -0.05) is 0 Å². The van der Waals surface area contributed by atoms with Gasteiger partial charge in [-0.3, -0.25) is 9.69 Å². The summed E-state index contributed by atoms with van der Waals surface area (Å²) in [5.41, 5.74) is -0.149. The minimum absolute atomic E-state index is 0. The molecule has 1 fully saturated rings. The summed E-state index contributed by atoms with van der Waals surface area (Å²) in [6.45, 7) is 3.00. The van der Waals surface area contributed by atoms with Gasteiger partial charge in [-0.25, -0.2) is 0 Å². The van der Waals surface area contributed by atoms with Crippen LogP contribution in [0.5, 0.6) is 0 Å². The van der Waals surface area contributed by atoms with Crippen molar-refractivity contribution in [2.45, 2.75) is 19.4 Å². The fourth-order valence-corrected chi connectivity index (χ4v) is 1.56. The second-order valence-corrected chi connectivity index (χ2v) is 3.16. The predicted molar refractivity (Wildman–Crippen MR) is 51.1 cm³/mol. The van der Waals surface area contributed by atoms with Gasteiger partial charge in [0, 0.05) is 6.07 Å². The molecular weight excluding hydrogens is 192 g/mol. The molecular formula is C8H13ClN2O2. The molecule has 0 saturated carbocycles. The topological polar surface area (TPSA) is 49.2 Å². The van der Waals surface area contributed by atoms with Crippen LogP contribution in [0.3, 0.4) is 0 Å². The van der Waals surface area contributed by atoms with Gasteiger partial charge in [-0.15, -0.1) is 12.4 Å². The Morgan fingerprint density at radius 2 is 2.15 bits per heavy atom. The second kappa shape index (κ2) is 4.48. The average molecular weight is 205 g/mol. The summed E-state index contributed by atoms with van der Waals surface area (Å²) in [6, 6.07) is 1.51. The number of hydrogen-bond acceptors (Lipinski definition) is 3. The van der Waals surface area contributed by atoms with Crippen molar-refractivity contribution in [2.75, 3.05) is 13.1 Å². The molecule has 1 saturated heterocycles. The van der Waals surface area contributed by atoms with E-state index in [-0.39, 0.29) is 18.0 Å². The van der Waals surface area contributed by atoms with E-state index in [1.54, 1.807) is 0 Å². The third-order valence-electron chi connectivity index (χ3n) is 2.15. The first-order valence-corrected chi connectivity index (χ1v) is 4.24. The van der Waals surface area contributed by atoms with Gasteiger partial charge in [0.15, 0.2) is 5.76 Å². The van der Waals surface area contributed by atoms with Crippen molar-refractivity contribution in [3.8, 4) is 0 Å². The van der Waals surface area contributed by atoms with Crippen molar-refractivity contribution < 1.29 is 4.52 Å². The minimum atomic E-state index is -0.149. The Hall–Kier alpha value is -0.740. The van der Waals surface area contributed by atoms with Gasteiger partial charge < -0.3 is 4.52 Å². The quantitative estimate of drug-likeness (QED) is 0.782. The van der Waals surface area contributed by atoms with Crippen LogP contribution in [0.1, 0.15) is 18.6 Å².